The molecule has 2 unspecified atom stereocenters. The summed E-state index contributed by atoms with van der Waals surface area (Å²) in [4.78, 5) is 37.0. The van der Waals surface area contributed by atoms with Crippen molar-refractivity contribution in [2.75, 3.05) is 47.5 Å². The largest absolute Gasteiger partial charge is 0.477 e. The topological polar surface area (TPSA) is 108 Å². The molecule has 0 heterocycles. The third-order valence-electron chi connectivity index (χ3n) is 8.04. The van der Waals surface area contributed by atoms with Crippen LogP contribution in [0.4, 0.5) is 0 Å². The number of esters is 2. The van der Waals surface area contributed by atoms with Crippen LogP contribution in [0.5, 0.6) is 0 Å². The van der Waals surface area contributed by atoms with Gasteiger partial charge in [-0.25, -0.2) is 4.79 Å². The van der Waals surface area contributed by atoms with Crippen LogP contribution >= 0.6 is 0 Å². The van der Waals surface area contributed by atoms with E-state index in [2.05, 4.69) is 111 Å². The Morgan fingerprint density at radius 3 is 1.44 bits per heavy atom. The number of carbonyl (C=O) groups excluding carboxylic acids is 2. The lowest BCUT2D eigenvalue weighted by molar-refractivity contribution is -0.870. The fraction of sp³-hybridized carbons (Fsp3) is 0.562. The number of unbranched alkanes of at least 4 members (excludes halogenated alkanes) is 3. The van der Waals surface area contributed by atoms with Gasteiger partial charge in [-0.05, 0) is 83.5 Å². The van der Waals surface area contributed by atoms with Crippen molar-refractivity contribution >= 4 is 17.9 Å². The number of hydrogen-bond acceptors (Lipinski definition) is 7. The maximum absolute atomic E-state index is 12.7. The number of carboxylic acid groups (broad SMARTS) is 1. The molecule has 9 nitrogen and oxygen atoms in total. The average Bonchev–Trinajstić information content (AvgIpc) is 3.17. The van der Waals surface area contributed by atoms with Gasteiger partial charge in [0.15, 0.2) is 6.10 Å². The van der Waals surface area contributed by atoms with Gasteiger partial charge in [0.05, 0.1) is 34.4 Å². The Morgan fingerprint density at radius 2 is 0.982 bits per heavy atom. The number of carboxylic acids is 1. The number of nitrogens with zero attached hydrogens (tertiary/aromatic N) is 1. The number of likely N-dealkylation sites (N-methyl/N-ethyl adjacent to an activating group) is 1. The summed E-state index contributed by atoms with van der Waals surface area (Å²) >= 11 is 0. The van der Waals surface area contributed by atoms with E-state index >= 15 is 0 Å². The molecule has 57 heavy (non-hydrogen) atoms. The first-order valence-electron chi connectivity index (χ1n) is 21.1. The van der Waals surface area contributed by atoms with E-state index < -0.39 is 30.3 Å². The van der Waals surface area contributed by atoms with Crippen LogP contribution in [0.2, 0.25) is 0 Å². The van der Waals surface area contributed by atoms with Crippen LogP contribution in [-0.2, 0) is 33.3 Å². The molecule has 0 aromatic rings. The Kier molecular flexibility index (Phi) is 36.0. The molecule has 0 amide bonds. The molecule has 0 aromatic heterocycles. The molecule has 0 aliphatic rings. The van der Waals surface area contributed by atoms with Gasteiger partial charge in [-0.15, -0.1) is 0 Å². The minimum atomic E-state index is -1.54. The fourth-order valence-corrected chi connectivity index (χ4v) is 4.81. The van der Waals surface area contributed by atoms with E-state index in [1.54, 1.807) is 0 Å². The number of quaternary nitrogens is 1. The normalized spacial score (nSPS) is 14.1. The quantitative estimate of drug-likeness (QED) is 0.0220. The molecule has 9 heteroatoms. The highest BCUT2D eigenvalue weighted by atomic mass is 16.7. The smallest absolute Gasteiger partial charge is 0.361 e. The lowest BCUT2D eigenvalue weighted by atomic mass is 10.1. The average molecular weight is 795 g/mol. The first kappa shape index (κ1) is 53.0. The van der Waals surface area contributed by atoms with Crippen molar-refractivity contribution in [2.24, 2.45) is 0 Å². The van der Waals surface area contributed by atoms with Gasteiger partial charge in [0.2, 0.25) is 0 Å². The summed E-state index contributed by atoms with van der Waals surface area (Å²) in [6, 6.07) is 0. The van der Waals surface area contributed by atoms with Crippen LogP contribution in [0.3, 0.4) is 0 Å². The van der Waals surface area contributed by atoms with Crippen molar-refractivity contribution in [1.29, 1.82) is 0 Å². The molecule has 0 saturated carbocycles. The van der Waals surface area contributed by atoms with E-state index in [0.29, 0.717) is 23.9 Å². The number of rotatable bonds is 36. The highest BCUT2D eigenvalue weighted by molar-refractivity contribution is 5.71. The predicted molar refractivity (Wildman–Crippen MR) is 235 cm³/mol. The molecule has 0 aliphatic carbocycles. The van der Waals surface area contributed by atoms with Crippen LogP contribution in [0.1, 0.15) is 117 Å². The minimum absolute atomic E-state index is 0.121. The molecule has 0 aliphatic heterocycles. The Balaban J connectivity index is 4.68. The number of ether oxygens (including phenoxy) is 4. The number of carbonyl (C=O) groups is 3. The molecule has 0 saturated heterocycles. The van der Waals surface area contributed by atoms with Crippen LogP contribution in [0.15, 0.2) is 109 Å². The second-order valence-electron chi connectivity index (χ2n) is 14.5. The SMILES string of the molecule is CC/C=C\C/C=C\C/C=C\C/C=C\C/C=C\C/C=C\CCC(=O)OC(COC(=O)CCCCC/C=C\C/C=C\C/C=C\CC)COC(OCC[N+](C)(C)C)C(=O)O. The van der Waals surface area contributed by atoms with Gasteiger partial charge in [0.1, 0.15) is 13.2 Å². The molecule has 0 radical (unpaired) electrons. The summed E-state index contributed by atoms with van der Waals surface area (Å²) in [5.41, 5.74) is 0. The van der Waals surface area contributed by atoms with Gasteiger partial charge in [0.25, 0.3) is 6.29 Å². The van der Waals surface area contributed by atoms with Gasteiger partial charge in [-0.1, -0.05) is 130 Å². The van der Waals surface area contributed by atoms with Gasteiger partial charge in [-0.2, -0.15) is 0 Å². The monoisotopic (exact) mass is 795 g/mol. The third-order valence-corrected chi connectivity index (χ3v) is 8.04. The summed E-state index contributed by atoms with van der Waals surface area (Å²) in [5, 5.41) is 9.61. The van der Waals surface area contributed by atoms with Crippen LogP contribution in [-0.4, -0.2) is 87.4 Å². The van der Waals surface area contributed by atoms with Crippen LogP contribution in [0, 0.1) is 0 Å². The number of aliphatic carboxylic acids is 1. The minimum Gasteiger partial charge on any atom is -0.477 e. The molecule has 0 fully saturated rings. The Morgan fingerprint density at radius 1 is 0.526 bits per heavy atom. The van der Waals surface area contributed by atoms with E-state index in [1.165, 1.54) is 0 Å². The van der Waals surface area contributed by atoms with Crippen LogP contribution in [0.25, 0.3) is 0 Å². The lowest BCUT2D eigenvalue weighted by Crippen LogP contribution is -2.40. The van der Waals surface area contributed by atoms with Gasteiger partial charge in [-0.3, -0.25) is 9.59 Å². The Labute approximate surface area is 345 Å². The van der Waals surface area contributed by atoms with E-state index in [1.807, 2.05) is 33.3 Å². The highest BCUT2D eigenvalue weighted by Crippen LogP contribution is 2.09. The Hall–Kier alpha value is -4.05. The zero-order chi connectivity index (χ0) is 42.1. The third kappa shape index (κ3) is 40.0. The predicted octanol–water partition coefficient (Wildman–Crippen LogP) is 10.9. The maximum Gasteiger partial charge on any atom is 0.361 e. The van der Waals surface area contributed by atoms with Crippen molar-refractivity contribution in [3.63, 3.8) is 0 Å². The van der Waals surface area contributed by atoms with Crippen LogP contribution < -0.4 is 0 Å². The van der Waals surface area contributed by atoms with Gasteiger partial charge in [0, 0.05) is 12.8 Å². The molecule has 0 spiro atoms. The van der Waals surface area contributed by atoms with E-state index in [-0.39, 0.29) is 32.7 Å². The fourth-order valence-electron chi connectivity index (χ4n) is 4.81. The number of hydrogen-bond donors (Lipinski definition) is 1. The zero-order valence-corrected chi connectivity index (χ0v) is 35.9. The van der Waals surface area contributed by atoms with Crippen molar-refractivity contribution in [3.05, 3.63) is 109 Å². The summed E-state index contributed by atoms with van der Waals surface area (Å²) in [5.74, 6) is -2.18. The van der Waals surface area contributed by atoms with Crippen molar-refractivity contribution in [2.45, 2.75) is 129 Å². The highest BCUT2D eigenvalue weighted by Gasteiger charge is 2.25. The summed E-state index contributed by atoms with van der Waals surface area (Å²) < 4.78 is 22.5. The molecule has 0 aromatic carbocycles. The van der Waals surface area contributed by atoms with E-state index in [9.17, 15) is 19.5 Å². The first-order valence-corrected chi connectivity index (χ1v) is 21.1. The summed E-state index contributed by atoms with van der Waals surface area (Å²) in [7, 11) is 5.90. The summed E-state index contributed by atoms with van der Waals surface area (Å²) in [6.07, 6.45) is 48.9. The zero-order valence-electron chi connectivity index (χ0n) is 35.9. The van der Waals surface area contributed by atoms with Crippen molar-refractivity contribution < 1.29 is 42.9 Å². The molecular formula is C48H76NO8+. The standard InChI is InChI=1S/C48H75NO8/c1-6-8-10-12-14-16-18-20-21-22-23-24-25-27-29-31-33-35-37-39-46(51)57-44(43-56-48(47(52)53)54-41-40-49(3,4)5)42-55-45(50)38-36-34-32-30-28-26-19-17-15-13-11-9-7-2/h8-11,14-17,20-21,23-24,26-29,33,35,44,48H,6-7,12-13,18-19,22,25,30-32,34,36-43H2,1-5H3/p+1/b10-8-,11-9-,16-14-,17-15-,21-20-,24-23-,28-26-,29-27-,35-33-. The van der Waals surface area contributed by atoms with Crippen molar-refractivity contribution in [3.8, 4) is 0 Å². The van der Waals surface area contributed by atoms with Crippen molar-refractivity contribution in [1.82, 2.24) is 0 Å². The first-order chi connectivity index (χ1) is 27.6. The number of allylic oxidation sites excluding steroid dienone is 18. The second kappa shape index (κ2) is 38.8. The van der Waals surface area contributed by atoms with Gasteiger partial charge < -0.3 is 28.5 Å². The van der Waals surface area contributed by atoms with E-state index in [0.717, 1.165) is 77.0 Å². The molecule has 320 valence electrons. The molecular weight excluding hydrogens is 719 g/mol. The summed E-state index contributed by atoms with van der Waals surface area (Å²) in [6.45, 7) is 4.47. The lowest BCUT2D eigenvalue weighted by Gasteiger charge is -2.25. The second-order valence-corrected chi connectivity index (χ2v) is 14.5. The van der Waals surface area contributed by atoms with Gasteiger partial charge >= 0.3 is 17.9 Å². The van der Waals surface area contributed by atoms with E-state index in [4.69, 9.17) is 18.9 Å². The molecule has 0 rings (SSSR count). The molecule has 0 bridgehead atoms. The molecule has 2 atom stereocenters. The maximum atomic E-state index is 12.7. The molecule has 1 N–H and O–H groups in total. The Bertz CT molecular complexity index is 1300.